The van der Waals surface area contributed by atoms with Crippen LogP contribution in [0.25, 0.3) is 4.96 Å². The van der Waals surface area contributed by atoms with Gasteiger partial charge in [-0.25, -0.2) is 4.98 Å². The molecular formula is C5H6N4S. The van der Waals surface area contributed by atoms with Crippen molar-refractivity contribution in [3.8, 4) is 0 Å². The van der Waals surface area contributed by atoms with Crippen molar-refractivity contribution in [3.63, 3.8) is 0 Å². The van der Waals surface area contributed by atoms with Crippen LogP contribution >= 0.6 is 11.3 Å². The number of thiazole rings is 1. The molecular weight excluding hydrogens is 148 g/mol. The molecule has 0 aromatic carbocycles. The van der Waals surface area contributed by atoms with E-state index in [1.165, 1.54) is 11.3 Å². The third-order valence-corrected chi connectivity index (χ3v) is 2.11. The average Bonchev–Trinajstić information content (AvgIpc) is 2.35. The van der Waals surface area contributed by atoms with Crippen LogP contribution in [-0.4, -0.2) is 9.38 Å². The van der Waals surface area contributed by atoms with Crippen molar-refractivity contribution in [1.29, 1.82) is 0 Å². The molecule has 2 rings (SSSR count). The second-order valence-corrected chi connectivity index (χ2v) is 2.82. The summed E-state index contributed by atoms with van der Waals surface area (Å²) in [6.45, 7) is 0. The Morgan fingerprint density at radius 1 is 1.50 bits per heavy atom. The van der Waals surface area contributed by atoms with Crippen LogP contribution in [0.15, 0.2) is 11.6 Å². The first kappa shape index (κ1) is 5.55. The summed E-state index contributed by atoms with van der Waals surface area (Å²) in [6.07, 6.45) is 1.71. The van der Waals surface area contributed by atoms with E-state index in [2.05, 4.69) is 4.98 Å². The van der Waals surface area contributed by atoms with Gasteiger partial charge in [0.15, 0.2) is 4.96 Å². The number of aromatic nitrogens is 2. The molecule has 2 aromatic heterocycles. The third kappa shape index (κ3) is 0.577. The largest absolute Gasteiger partial charge is 0.384 e. The Balaban J connectivity index is 2.90. The Bertz CT molecular complexity index is 360. The van der Waals surface area contributed by atoms with Crippen LogP contribution in [0.3, 0.4) is 0 Å². The third-order valence-electron chi connectivity index (χ3n) is 1.26. The lowest BCUT2D eigenvalue weighted by Gasteiger charge is -1.83. The van der Waals surface area contributed by atoms with Crippen LogP contribution in [0.4, 0.5) is 11.6 Å². The van der Waals surface area contributed by atoms with E-state index in [4.69, 9.17) is 11.5 Å². The minimum Gasteiger partial charge on any atom is -0.384 e. The van der Waals surface area contributed by atoms with Gasteiger partial charge in [0.2, 0.25) is 0 Å². The van der Waals surface area contributed by atoms with Gasteiger partial charge in [-0.15, -0.1) is 11.3 Å². The molecule has 52 valence electrons. The van der Waals surface area contributed by atoms with Crippen LogP contribution < -0.4 is 11.5 Å². The molecule has 0 radical (unpaired) electrons. The normalized spacial score (nSPS) is 10.8. The second-order valence-electron chi connectivity index (χ2n) is 1.98. The zero-order chi connectivity index (χ0) is 7.14. The Kier molecular flexibility index (Phi) is 0.906. The van der Waals surface area contributed by atoms with E-state index in [9.17, 15) is 0 Å². The predicted octanol–water partition coefficient (Wildman–Crippen LogP) is 0.560. The molecule has 0 aliphatic heterocycles. The van der Waals surface area contributed by atoms with Gasteiger partial charge in [-0.05, 0) is 0 Å². The summed E-state index contributed by atoms with van der Waals surface area (Å²) < 4.78 is 1.76. The highest BCUT2D eigenvalue weighted by atomic mass is 32.1. The lowest BCUT2D eigenvalue weighted by Crippen LogP contribution is -1.88. The highest BCUT2D eigenvalue weighted by Gasteiger charge is 2.01. The van der Waals surface area contributed by atoms with Crippen molar-refractivity contribution in [3.05, 3.63) is 11.6 Å². The van der Waals surface area contributed by atoms with Crippen LogP contribution in [0.2, 0.25) is 0 Å². The van der Waals surface area contributed by atoms with Crippen molar-refractivity contribution in [2.24, 2.45) is 0 Å². The van der Waals surface area contributed by atoms with E-state index in [0.717, 1.165) is 4.96 Å². The van der Waals surface area contributed by atoms with Gasteiger partial charge < -0.3 is 11.5 Å². The number of hydrogen-bond donors (Lipinski definition) is 2. The number of nitrogens with zero attached hydrogens (tertiary/aromatic N) is 2. The standard InChI is InChI=1S/C5H6N4S/c6-3-1-9-4(7)2-10-5(9)8-3/h1-2H,6-7H2. The maximum absolute atomic E-state index is 5.57. The summed E-state index contributed by atoms with van der Waals surface area (Å²) >= 11 is 1.48. The molecule has 0 atom stereocenters. The summed E-state index contributed by atoms with van der Waals surface area (Å²) in [5.74, 6) is 1.20. The molecule has 0 spiro atoms. The fraction of sp³-hybridized carbons (Fsp3) is 0. The first-order valence-corrected chi connectivity index (χ1v) is 3.63. The molecule has 0 bridgehead atoms. The van der Waals surface area contributed by atoms with Gasteiger partial charge in [0.1, 0.15) is 11.6 Å². The van der Waals surface area contributed by atoms with Gasteiger partial charge in [-0.2, -0.15) is 0 Å². The quantitative estimate of drug-likeness (QED) is 0.582. The molecule has 0 unspecified atom stereocenters. The molecule has 0 saturated heterocycles. The summed E-state index contributed by atoms with van der Waals surface area (Å²) in [5.41, 5.74) is 11.0. The predicted molar refractivity (Wildman–Crippen MR) is 41.9 cm³/mol. The number of rotatable bonds is 0. The topological polar surface area (TPSA) is 69.3 Å². The number of nitrogen functional groups attached to an aromatic ring is 2. The number of hydrogen-bond acceptors (Lipinski definition) is 4. The van der Waals surface area contributed by atoms with E-state index in [0.29, 0.717) is 11.6 Å². The smallest absolute Gasteiger partial charge is 0.197 e. The SMILES string of the molecule is Nc1cn2c(N)csc2n1. The minimum atomic E-state index is 0.513. The number of imidazole rings is 1. The van der Waals surface area contributed by atoms with Crippen LogP contribution in [-0.2, 0) is 0 Å². The molecule has 10 heavy (non-hydrogen) atoms. The Morgan fingerprint density at radius 3 is 3.00 bits per heavy atom. The first-order chi connectivity index (χ1) is 4.77. The van der Waals surface area contributed by atoms with Gasteiger partial charge in [0, 0.05) is 5.38 Å². The first-order valence-electron chi connectivity index (χ1n) is 2.75. The van der Waals surface area contributed by atoms with E-state index in [1.54, 1.807) is 10.6 Å². The second kappa shape index (κ2) is 1.63. The van der Waals surface area contributed by atoms with E-state index >= 15 is 0 Å². The molecule has 0 saturated carbocycles. The van der Waals surface area contributed by atoms with Gasteiger partial charge in [0.25, 0.3) is 0 Å². The molecule has 4 nitrogen and oxygen atoms in total. The van der Waals surface area contributed by atoms with Crippen LogP contribution in [0.1, 0.15) is 0 Å². The van der Waals surface area contributed by atoms with Gasteiger partial charge in [-0.3, -0.25) is 4.40 Å². The Hall–Kier alpha value is -1.23. The number of fused-ring (bicyclic) bond motifs is 1. The minimum absolute atomic E-state index is 0.513. The van der Waals surface area contributed by atoms with Crippen LogP contribution in [0.5, 0.6) is 0 Å². The highest BCUT2D eigenvalue weighted by Crippen LogP contribution is 2.18. The molecule has 4 N–H and O–H groups in total. The summed E-state index contributed by atoms with van der Waals surface area (Å²) in [5, 5.41) is 1.84. The zero-order valence-electron chi connectivity index (χ0n) is 5.11. The summed E-state index contributed by atoms with van der Waals surface area (Å²) in [6, 6.07) is 0. The van der Waals surface area contributed by atoms with Gasteiger partial charge >= 0.3 is 0 Å². The molecule has 0 aliphatic carbocycles. The highest BCUT2D eigenvalue weighted by molar-refractivity contribution is 7.15. The average molecular weight is 154 g/mol. The lowest BCUT2D eigenvalue weighted by molar-refractivity contribution is 1.24. The Morgan fingerprint density at radius 2 is 2.30 bits per heavy atom. The van der Waals surface area contributed by atoms with Crippen molar-refractivity contribution in [2.75, 3.05) is 11.5 Å². The van der Waals surface area contributed by atoms with Crippen molar-refractivity contribution in [1.82, 2.24) is 9.38 Å². The zero-order valence-corrected chi connectivity index (χ0v) is 5.93. The number of nitrogens with two attached hydrogens (primary N) is 2. The fourth-order valence-electron chi connectivity index (χ4n) is 0.819. The molecule has 2 aromatic rings. The van der Waals surface area contributed by atoms with Gasteiger partial charge in [0.05, 0.1) is 6.20 Å². The molecule has 5 heteroatoms. The van der Waals surface area contributed by atoms with Gasteiger partial charge in [-0.1, -0.05) is 0 Å². The fourth-order valence-corrected chi connectivity index (χ4v) is 1.59. The maximum Gasteiger partial charge on any atom is 0.197 e. The van der Waals surface area contributed by atoms with E-state index in [-0.39, 0.29) is 0 Å². The van der Waals surface area contributed by atoms with E-state index < -0.39 is 0 Å². The molecule has 0 fully saturated rings. The van der Waals surface area contributed by atoms with Crippen molar-refractivity contribution < 1.29 is 0 Å². The lowest BCUT2D eigenvalue weighted by atomic mass is 10.7. The maximum atomic E-state index is 5.57. The Labute approximate surface area is 61.1 Å². The van der Waals surface area contributed by atoms with E-state index in [1.807, 2.05) is 5.38 Å². The molecule has 0 aliphatic rings. The molecule has 2 heterocycles. The number of anilines is 2. The van der Waals surface area contributed by atoms with Crippen molar-refractivity contribution in [2.45, 2.75) is 0 Å². The summed E-state index contributed by atoms with van der Waals surface area (Å²) in [4.78, 5) is 4.86. The summed E-state index contributed by atoms with van der Waals surface area (Å²) in [7, 11) is 0. The monoisotopic (exact) mass is 154 g/mol. The molecule has 0 amide bonds. The van der Waals surface area contributed by atoms with Crippen molar-refractivity contribution >= 4 is 27.9 Å². The van der Waals surface area contributed by atoms with Crippen LogP contribution in [0, 0.1) is 0 Å².